The van der Waals surface area contributed by atoms with Crippen LogP contribution in [0.3, 0.4) is 0 Å². The van der Waals surface area contributed by atoms with Crippen molar-refractivity contribution in [2.45, 2.75) is 18.9 Å². The summed E-state index contributed by atoms with van der Waals surface area (Å²) in [5.41, 5.74) is 0.705. The summed E-state index contributed by atoms with van der Waals surface area (Å²) in [5.74, 6) is 0. The predicted molar refractivity (Wildman–Crippen MR) is 68.2 cm³/mol. The summed E-state index contributed by atoms with van der Waals surface area (Å²) in [6.45, 7) is 3.17. The molecule has 0 atom stereocenters. The highest BCUT2D eigenvalue weighted by atomic mass is 35.5. The van der Waals surface area contributed by atoms with Crippen LogP contribution in [-0.2, 0) is 10.0 Å². The number of halogens is 1. The van der Waals surface area contributed by atoms with Crippen molar-refractivity contribution in [1.29, 1.82) is 5.26 Å². The molecule has 6 nitrogen and oxygen atoms in total. The maximum Gasteiger partial charge on any atom is 0.287 e. The van der Waals surface area contributed by atoms with Crippen LogP contribution >= 0.6 is 11.6 Å². The van der Waals surface area contributed by atoms with Crippen LogP contribution in [0.5, 0.6) is 0 Å². The Bertz CT molecular complexity index is 776. The second-order valence-corrected chi connectivity index (χ2v) is 5.96. The number of nitrogens with zero attached hydrogens (tertiary/aromatic N) is 4. The second-order valence-electron chi connectivity index (χ2n) is 3.83. The lowest BCUT2D eigenvalue weighted by molar-refractivity contribution is 0.582. The molecule has 2 aromatic heterocycles. The third-order valence-electron chi connectivity index (χ3n) is 2.62. The summed E-state index contributed by atoms with van der Waals surface area (Å²) in [6, 6.07) is 1.84. The summed E-state index contributed by atoms with van der Waals surface area (Å²) in [7, 11) is -3.94. The average molecular weight is 297 g/mol. The molecule has 2 rings (SSSR count). The van der Waals surface area contributed by atoms with Crippen molar-refractivity contribution in [3.8, 4) is 6.07 Å². The Morgan fingerprint density at radius 2 is 2.11 bits per heavy atom. The number of imidazole rings is 1. The van der Waals surface area contributed by atoms with Gasteiger partial charge in [0.25, 0.3) is 10.0 Å². The minimum atomic E-state index is -3.94. The summed E-state index contributed by atoms with van der Waals surface area (Å²) < 4.78 is 25.6. The van der Waals surface area contributed by atoms with Crippen molar-refractivity contribution in [2.75, 3.05) is 0 Å². The molecule has 0 aliphatic carbocycles. The number of aromatic nitrogens is 3. The van der Waals surface area contributed by atoms with Crippen LogP contribution in [0.25, 0.3) is 0 Å². The van der Waals surface area contributed by atoms with Gasteiger partial charge >= 0.3 is 0 Å². The van der Waals surface area contributed by atoms with Crippen LogP contribution in [0.15, 0.2) is 23.7 Å². The largest absolute Gasteiger partial charge is 0.287 e. The highest BCUT2D eigenvalue weighted by Gasteiger charge is 2.26. The van der Waals surface area contributed by atoms with Gasteiger partial charge < -0.3 is 0 Å². The molecule has 2 heterocycles. The first kappa shape index (κ1) is 13.5. The van der Waals surface area contributed by atoms with Gasteiger partial charge in [0, 0.05) is 12.4 Å². The SMILES string of the molecule is Cc1nc(S(=O)(=O)n2ccnc2)c(C#N)c(C)c1Cl. The minimum absolute atomic E-state index is 0.0516. The fourth-order valence-electron chi connectivity index (χ4n) is 1.61. The van der Waals surface area contributed by atoms with Gasteiger partial charge in [0.05, 0.1) is 16.3 Å². The Morgan fingerprint density at radius 3 is 2.63 bits per heavy atom. The van der Waals surface area contributed by atoms with E-state index in [0.717, 1.165) is 10.3 Å². The molecule has 0 unspecified atom stereocenters. The highest BCUT2D eigenvalue weighted by molar-refractivity contribution is 7.89. The van der Waals surface area contributed by atoms with Gasteiger partial charge in [0.2, 0.25) is 0 Å². The maximum absolute atomic E-state index is 12.4. The Balaban J connectivity index is 2.82. The van der Waals surface area contributed by atoms with Crippen LogP contribution in [0.2, 0.25) is 5.02 Å². The van der Waals surface area contributed by atoms with Gasteiger partial charge in [0.1, 0.15) is 12.4 Å². The van der Waals surface area contributed by atoms with Gasteiger partial charge in [-0.15, -0.1) is 0 Å². The van der Waals surface area contributed by atoms with E-state index in [9.17, 15) is 8.42 Å². The molecule has 0 spiro atoms. The Kier molecular flexibility index (Phi) is 3.30. The lowest BCUT2D eigenvalue weighted by atomic mass is 10.1. The minimum Gasteiger partial charge on any atom is -0.244 e. The smallest absolute Gasteiger partial charge is 0.244 e. The van der Waals surface area contributed by atoms with Crippen LogP contribution in [0.1, 0.15) is 16.8 Å². The van der Waals surface area contributed by atoms with E-state index < -0.39 is 10.0 Å². The lowest BCUT2D eigenvalue weighted by Crippen LogP contribution is -2.16. The van der Waals surface area contributed by atoms with Gasteiger partial charge in [-0.1, -0.05) is 11.6 Å². The Hall–Kier alpha value is -1.91. The number of rotatable bonds is 2. The molecular weight excluding hydrogens is 288 g/mol. The van der Waals surface area contributed by atoms with Crippen LogP contribution in [-0.4, -0.2) is 22.4 Å². The standard InChI is InChI=1S/C11H9ClN4O2S/c1-7-9(5-13)11(15-8(2)10(7)12)19(17,18)16-4-3-14-6-16/h3-4,6H,1-2H3. The predicted octanol–water partition coefficient (Wildman–Crippen LogP) is 1.66. The molecule has 0 aliphatic rings. The first-order valence-corrected chi connectivity index (χ1v) is 7.01. The molecule has 0 amide bonds. The van der Waals surface area contributed by atoms with E-state index >= 15 is 0 Å². The lowest BCUT2D eigenvalue weighted by Gasteiger charge is -2.10. The first-order valence-electron chi connectivity index (χ1n) is 5.20. The number of pyridine rings is 1. The van der Waals surface area contributed by atoms with Crippen molar-refractivity contribution in [3.05, 3.63) is 40.6 Å². The van der Waals surface area contributed by atoms with Crippen molar-refractivity contribution in [2.24, 2.45) is 0 Å². The molecule has 0 radical (unpaired) electrons. The zero-order valence-corrected chi connectivity index (χ0v) is 11.7. The third kappa shape index (κ3) is 2.09. The van der Waals surface area contributed by atoms with Crippen molar-refractivity contribution in [3.63, 3.8) is 0 Å². The number of nitriles is 1. The van der Waals surface area contributed by atoms with Crippen molar-refractivity contribution in [1.82, 2.24) is 13.9 Å². The van der Waals surface area contributed by atoms with Crippen molar-refractivity contribution >= 4 is 21.6 Å². The summed E-state index contributed by atoms with van der Waals surface area (Å²) >= 11 is 5.98. The molecule has 19 heavy (non-hydrogen) atoms. The van der Waals surface area contributed by atoms with E-state index in [0.29, 0.717) is 16.3 Å². The molecule has 0 bridgehead atoms. The fraction of sp³-hybridized carbons (Fsp3) is 0.182. The zero-order chi connectivity index (χ0) is 14.2. The highest BCUT2D eigenvalue weighted by Crippen LogP contribution is 2.27. The quantitative estimate of drug-likeness (QED) is 0.841. The van der Waals surface area contributed by atoms with E-state index in [4.69, 9.17) is 16.9 Å². The van der Waals surface area contributed by atoms with E-state index in [1.165, 1.54) is 12.4 Å². The van der Waals surface area contributed by atoms with Gasteiger partial charge in [-0.05, 0) is 19.4 Å². The summed E-state index contributed by atoms with van der Waals surface area (Å²) in [6.07, 6.45) is 3.74. The molecule has 0 saturated heterocycles. The van der Waals surface area contributed by atoms with Gasteiger partial charge in [-0.25, -0.2) is 13.9 Å². The molecule has 2 aromatic rings. The summed E-state index contributed by atoms with van der Waals surface area (Å²) in [4.78, 5) is 7.62. The topological polar surface area (TPSA) is 88.6 Å². The average Bonchev–Trinajstić information content (AvgIpc) is 2.90. The molecule has 0 fully saturated rings. The Labute approximate surface area is 115 Å². The molecule has 98 valence electrons. The molecule has 0 aliphatic heterocycles. The van der Waals surface area contributed by atoms with Crippen molar-refractivity contribution < 1.29 is 8.42 Å². The number of hydrogen-bond acceptors (Lipinski definition) is 5. The fourth-order valence-corrected chi connectivity index (χ4v) is 3.04. The van der Waals surface area contributed by atoms with E-state index in [2.05, 4.69) is 9.97 Å². The number of hydrogen-bond donors (Lipinski definition) is 0. The number of aryl methyl sites for hydroxylation is 1. The third-order valence-corrected chi connectivity index (χ3v) is 4.73. The Morgan fingerprint density at radius 1 is 1.42 bits per heavy atom. The second kappa shape index (κ2) is 4.64. The van der Waals surface area contributed by atoms with E-state index in [-0.39, 0.29) is 10.6 Å². The summed E-state index contributed by atoms with van der Waals surface area (Å²) in [5, 5.41) is 9.12. The van der Waals surface area contributed by atoms with Crippen LogP contribution in [0, 0.1) is 25.2 Å². The molecular formula is C11H9ClN4O2S. The molecule has 8 heteroatoms. The van der Waals surface area contributed by atoms with Gasteiger partial charge in [-0.3, -0.25) is 0 Å². The monoisotopic (exact) mass is 296 g/mol. The van der Waals surface area contributed by atoms with Crippen LogP contribution in [0.4, 0.5) is 0 Å². The van der Waals surface area contributed by atoms with Gasteiger partial charge in [-0.2, -0.15) is 13.7 Å². The van der Waals surface area contributed by atoms with Gasteiger partial charge in [0.15, 0.2) is 5.03 Å². The van der Waals surface area contributed by atoms with Crippen LogP contribution < -0.4 is 0 Å². The zero-order valence-electron chi connectivity index (χ0n) is 10.1. The molecule has 0 aromatic carbocycles. The van der Waals surface area contributed by atoms with E-state index in [1.807, 2.05) is 6.07 Å². The first-order chi connectivity index (χ1) is 8.89. The molecule has 0 saturated carbocycles. The normalized spacial score (nSPS) is 11.3. The van der Waals surface area contributed by atoms with E-state index in [1.54, 1.807) is 13.8 Å². The maximum atomic E-state index is 12.4. The molecule has 0 N–H and O–H groups in total.